The van der Waals surface area contributed by atoms with Crippen LogP contribution in [0.5, 0.6) is 0 Å². The van der Waals surface area contributed by atoms with Crippen molar-refractivity contribution in [3.05, 3.63) is 91.9 Å². The van der Waals surface area contributed by atoms with E-state index in [4.69, 9.17) is 46.4 Å². The van der Waals surface area contributed by atoms with E-state index >= 15 is 0 Å². The first-order valence-corrected chi connectivity index (χ1v) is 15.2. The molecule has 0 aliphatic carbocycles. The van der Waals surface area contributed by atoms with Gasteiger partial charge in [-0.1, -0.05) is 70.2 Å². The number of carbonyl (C=O) groups excluding carboxylic acids is 2. The van der Waals surface area contributed by atoms with Crippen molar-refractivity contribution in [2.45, 2.75) is 51.2 Å². The molecule has 0 radical (unpaired) electrons. The lowest BCUT2D eigenvalue weighted by molar-refractivity contribution is -0.139. The highest BCUT2D eigenvalue weighted by Gasteiger charge is 2.33. The highest BCUT2D eigenvalue weighted by Crippen LogP contribution is 2.31. The molecule has 3 rings (SSSR count). The molecule has 0 bridgehead atoms. The standard InChI is InChI=1S/C28H29Cl4N3O4S/c1-17(2)33-28(37)19(4)34(15-20-7-8-21(29)13-25(20)31)27(36)16-35(22-9-12-24(30)26(32)14-22)40(38,39)23-10-5-18(3)6-11-23/h5-14,17,19H,15-16H2,1-4H3,(H,33,37)/t19-/m0/s1. The van der Waals surface area contributed by atoms with Crippen molar-refractivity contribution >= 4 is 73.9 Å². The Morgan fingerprint density at radius 3 is 2.08 bits per heavy atom. The van der Waals surface area contributed by atoms with Crippen molar-refractivity contribution in [1.82, 2.24) is 10.2 Å². The molecule has 0 saturated carbocycles. The van der Waals surface area contributed by atoms with Crippen molar-refractivity contribution in [2.75, 3.05) is 10.8 Å². The van der Waals surface area contributed by atoms with Crippen LogP contribution in [0.3, 0.4) is 0 Å². The Morgan fingerprint density at radius 2 is 1.50 bits per heavy atom. The zero-order valence-electron chi connectivity index (χ0n) is 22.3. The average Bonchev–Trinajstić information content (AvgIpc) is 2.87. The first-order chi connectivity index (χ1) is 18.7. The molecule has 7 nitrogen and oxygen atoms in total. The van der Waals surface area contributed by atoms with Crippen LogP contribution in [0.25, 0.3) is 0 Å². The summed E-state index contributed by atoms with van der Waals surface area (Å²) in [5.41, 5.74) is 1.53. The van der Waals surface area contributed by atoms with E-state index in [9.17, 15) is 18.0 Å². The number of benzene rings is 3. The number of rotatable bonds is 10. The van der Waals surface area contributed by atoms with Crippen LogP contribution < -0.4 is 9.62 Å². The predicted octanol–water partition coefficient (Wildman–Crippen LogP) is 6.75. The summed E-state index contributed by atoms with van der Waals surface area (Å²) in [5, 5.41) is 3.85. The lowest BCUT2D eigenvalue weighted by Crippen LogP contribution is -2.52. The number of hydrogen-bond acceptors (Lipinski definition) is 4. The van der Waals surface area contributed by atoms with Crippen LogP contribution in [0, 0.1) is 6.92 Å². The Kier molecular flexibility index (Phi) is 10.8. The van der Waals surface area contributed by atoms with E-state index in [0.717, 1.165) is 9.87 Å². The second-order valence-corrected chi connectivity index (χ2v) is 13.0. The normalized spacial score (nSPS) is 12.2. The second kappa shape index (κ2) is 13.4. The van der Waals surface area contributed by atoms with Gasteiger partial charge in [0.15, 0.2) is 0 Å². The highest BCUT2D eigenvalue weighted by atomic mass is 35.5. The maximum absolute atomic E-state index is 13.9. The SMILES string of the molecule is Cc1ccc(S(=O)(=O)N(CC(=O)N(Cc2ccc(Cl)cc2Cl)[C@@H](C)C(=O)NC(C)C)c2ccc(Cl)c(Cl)c2)cc1. The molecule has 1 N–H and O–H groups in total. The van der Waals surface area contributed by atoms with Crippen LogP contribution in [0.4, 0.5) is 5.69 Å². The summed E-state index contributed by atoms with van der Waals surface area (Å²) in [7, 11) is -4.24. The van der Waals surface area contributed by atoms with E-state index in [1.807, 2.05) is 6.92 Å². The molecule has 0 fully saturated rings. The summed E-state index contributed by atoms with van der Waals surface area (Å²) in [5.74, 6) is -1.05. The minimum absolute atomic E-state index is 0.0186. The van der Waals surface area contributed by atoms with Crippen LogP contribution in [-0.4, -0.2) is 43.8 Å². The molecule has 12 heteroatoms. The number of carbonyl (C=O) groups is 2. The van der Waals surface area contributed by atoms with Crippen molar-refractivity contribution in [3.8, 4) is 0 Å². The van der Waals surface area contributed by atoms with E-state index in [2.05, 4.69) is 5.32 Å². The lowest BCUT2D eigenvalue weighted by atomic mass is 10.1. The summed E-state index contributed by atoms with van der Waals surface area (Å²) in [4.78, 5) is 28.2. The number of nitrogens with zero attached hydrogens (tertiary/aromatic N) is 2. The minimum atomic E-state index is -4.24. The molecule has 0 aromatic heterocycles. The summed E-state index contributed by atoms with van der Waals surface area (Å²) >= 11 is 24.7. The number of hydrogen-bond donors (Lipinski definition) is 1. The number of amides is 2. The van der Waals surface area contributed by atoms with Gasteiger partial charge in [-0.25, -0.2) is 8.42 Å². The van der Waals surface area contributed by atoms with Gasteiger partial charge in [-0.2, -0.15) is 0 Å². The van der Waals surface area contributed by atoms with Crippen LogP contribution in [0.15, 0.2) is 65.6 Å². The second-order valence-electron chi connectivity index (χ2n) is 9.52. The highest BCUT2D eigenvalue weighted by molar-refractivity contribution is 7.92. The Morgan fingerprint density at radius 1 is 0.850 bits per heavy atom. The Bertz CT molecular complexity index is 1500. The Labute approximate surface area is 255 Å². The molecule has 0 saturated heterocycles. The van der Waals surface area contributed by atoms with Crippen molar-refractivity contribution < 1.29 is 18.0 Å². The summed E-state index contributed by atoms with van der Waals surface area (Å²) in [6.45, 7) is 6.30. The van der Waals surface area contributed by atoms with E-state index < -0.39 is 34.4 Å². The molecule has 0 aliphatic heterocycles. The molecular formula is C28H29Cl4N3O4S. The van der Waals surface area contributed by atoms with Crippen molar-refractivity contribution in [2.24, 2.45) is 0 Å². The van der Waals surface area contributed by atoms with Crippen LogP contribution in [0.1, 0.15) is 31.9 Å². The van der Waals surface area contributed by atoms with Crippen LogP contribution >= 0.6 is 46.4 Å². The fraction of sp³-hybridized carbons (Fsp3) is 0.286. The van der Waals surface area contributed by atoms with Crippen molar-refractivity contribution in [3.63, 3.8) is 0 Å². The third kappa shape index (κ3) is 7.83. The zero-order chi connectivity index (χ0) is 29.8. The first-order valence-electron chi connectivity index (χ1n) is 12.3. The molecule has 40 heavy (non-hydrogen) atoms. The van der Waals surface area contributed by atoms with E-state index in [1.165, 1.54) is 41.3 Å². The van der Waals surface area contributed by atoms with Gasteiger partial charge in [0.1, 0.15) is 12.6 Å². The van der Waals surface area contributed by atoms with Gasteiger partial charge in [-0.3, -0.25) is 13.9 Å². The maximum Gasteiger partial charge on any atom is 0.264 e. The average molecular weight is 645 g/mol. The molecule has 2 amide bonds. The van der Waals surface area contributed by atoms with E-state index in [0.29, 0.717) is 15.6 Å². The van der Waals surface area contributed by atoms with Crippen LogP contribution in [-0.2, 0) is 26.2 Å². The van der Waals surface area contributed by atoms with Gasteiger partial charge in [0.25, 0.3) is 10.0 Å². The number of anilines is 1. The summed E-state index contributed by atoms with van der Waals surface area (Å²) in [6, 6.07) is 14.2. The maximum atomic E-state index is 13.9. The molecule has 0 heterocycles. The topological polar surface area (TPSA) is 86.8 Å². The monoisotopic (exact) mass is 643 g/mol. The fourth-order valence-corrected chi connectivity index (χ4v) is 5.99. The lowest BCUT2D eigenvalue weighted by Gasteiger charge is -2.32. The quantitative estimate of drug-likeness (QED) is 0.265. The smallest absolute Gasteiger partial charge is 0.264 e. The third-order valence-electron chi connectivity index (χ3n) is 6.03. The van der Waals surface area contributed by atoms with Gasteiger partial charge < -0.3 is 10.2 Å². The number of aryl methyl sites for hydroxylation is 1. The van der Waals surface area contributed by atoms with E-state index in [-0.39, 0.29) is 33.2 Å². The van der Waals surface area contributed by atoms with Gasteiger partial charge >= 0.3 is 0 Å². The molecule has 214 valence electrons. The summed E-state index contributed by atoms with van der Waals surface area (Å²) in [6.07, 6.45) is 0. The fourth-order valence-electron chi connectivity index (χ4n) is 3.83. The van der Waals surface area contributed by atoms with Gasteiger partial charge in [-0.05, 0) is 75.7 Å². The first kappa shape index (κ1) is 32.0. The van der Waals surface area contributed by atoms with E-state index in [1.54, 1.807) is 45.0 Å². The molecule has 3 aromatic carbocycles. The number of sulfonamides is 1. The van der Waals surface area contributed by atoms with Gasteiger partial charge in [0, 0.05) is 22.6 Å². The molecular weight excluding hydrogens is 616 g/mol. The number of nitrogens with one attached hydrogen (secondary N) is 1. The summed E-state index contributed by atoms with van der Waals surface area (Å²) < 4.78 is 28.7. The Hall–Kier alpha value is -2.49. The van der Waals surface area contributed by atoms with Gasteiger partial charge in [0.05, 0.1) is 20.6 Å². The van der Waals surface area contributed by atoms with Gasteiger partial charge in [0.2, 0.25) is 11.8 Å². The molecule has 1 atom stereocenters. The molecule has 0 aliphatic rings. The number of halogens is 4. The largest absolute Gasteiger partial charge is 0.352 e. The van der Waals surface area contributed by atoms with Gasteiger partial charge in [-0.15, -0.1) is 0 Å². The third-order valence-corrected chi connectivity index (χ3v) is 9.15. The zero-order valence-corrected chi connectivity index (χ0v) is 26.1. The predicted molar refractivity (Wildman–Crippen MR) is 162 cm³/mol. The molecule has 0 unspecified atom stereocenters. The molecule has 0 spiro atoms. The Balaban J connectivity index is 2.08. The molecule has 3 aromatic rings. The minimum Gasteiger partial charge on any atom is -0.352 e. The van der Waals surface area contributed by atoms with Crippen molar-refractivity contribution in [1.29, 1.82) is 0 Å². The van der Waals surface area contributed by atoms with Crippen LogP contribution in [0.2, 0.25) is 20.1 Å².